The molecule has 0 saturated heterocycles. The molecule has 0 aliphatic heterocycles. The van der Waals surface area contributed by atoms with Gasteiger partial charge in [-0.1, -0.05) is 12.1 Å². The van der Waals surface area contributed by atoms with Crippen molar-refractivity contribution in [3.63, 3.8) is 0 Å². The van der Waals surface area contributed by atoms with Crippen LogP contribution in [0.1, 0.15) is 1.43 Å². The van der Waals surface area contributed by atoms with Crippen LogP contribution >= 0.6 is 0 Å². The average Bonchev–Trinajstić information content (AvgIpc) is 2.39. The first-order valence-corrected chi connectivity index (χ1v) is 3.70. The summed E-state index contributed by atoms with van der Waals surface area (Å²) in [6.07, 6.45) is 0. The molecule has 5 nitrogen and oxygen atoms in total. The zero-order valence-electron chi connectivity index (χ0n) is 8.65. The molecule has 0 aliphatic rings. The van der Waals surface area contributed by atoms with Crippen molar-refractivity contribution in [2.24, 2.45) is 5.73 Å². The molecule has 3 N–H and O–H groups in total. The van der Waals surface area contributed by atoms with Crippen molar-refractivity contribution in [3.8, 4) is 0 Å². The minimum atomic E-state index is -0.776. The number of nitrogens with two attached hydrogens (primary N) is 1. The number of aromatic nitrogens is 2. The number of aromatic amines is 1. The van der Waals surface area contributed by atoms with E-state index in [2.05, 4.69) is 4.98 Å². The Bertz CT molecular complexity index is 534. The van der Waals surface area contributed by atoms with Gasteiger partial charge in [0.15, 0.2) is 0 Å². The molecule has 1 heterocycles. The maximum atomic E-state index is 11.2. The van der Waals surface area contributed by atoms with Gasteiger partial charge in [-0.05, 0) is 12.1 Å². The first kappa shape index (κ1) is 11.0. The Morgan fingerprint density at radius 2 is 2.07 bits per heavy atom. The van der Waals surface area contributed by atoms with E-state index in [-0.39, 0.29) is 31.0 Å². The van der Waals surface area contributed by atoms with Crippen LogP contribution < -0.4 is 41.0 Å². The van der Waals surface area contributed by atoms with Gasteiger partial charge in [-0.15, -0.1) is 0 Å². The molecule has 0 fully saturated rings. The number of amides is 1. The molecule has 1 aromatic carbocycles. The summed E-state index contributed by atoms with van der Waals surface area (Å²) in [6, 6.07) is 6.08. The summed E-state index contributed by atoms with van der Waals surface area (Å²) in [5, 5.41) is 0. The van der Waals surface area contributed by atoms with E-state index in [0.717, 1.165) is 4.57 Å². The van der Waals surface area contributed by atoms with E-state index in [4.69, 9.17) is 5.73 Å². The fourth-order valence-electron chi connectivity index (χ4n) is 1.27. The van der Waals surface area contributed by atoms with Crippen molar-refractivity contribution >= 4 is 17.1 Å². The summed E-state index contributed by atoms with van der Waals surface area (Å²) >= 11 is 0. The molecular weight excluding hydrogens is 193 g/mol. The number of H-pyrrole nitrogens is 1. The van der Waals surface area contributed by atoms with Crippen LogP contribution in [0.4, 0.5) is 4.79 Å². The molecule has 0 aliphatic carbocycles. The number of carbonyl (C=O) groups excluding carboxylic acids is 1. The fourth-order valence-corrected chi connectivity index (χ4v) is 1.27. The zero-order chi connectivity index (χ0) is 9.42. The molecule has 0 spiro atoms. The number of nitrogens with one attached hydrogen (secondary N) is 1. The van der Waals surface area contributed by atoms with Gasteiger partial charge in [0.25, 0.3) is 0 Å². The number of benzene rings is 1. The standard InChI is InChI=1S/C8H7N3O2.Na.H/c9-7(12)11-6-4-2-1-3-5(6)10-8(11)13;;/h1-4H,(H2,9,12)(H,10,13);;/q;+1;-1. The Kier molecular flexibility index (Phi) is 3.15. The second kappa shape index (κ2) is 4.00. The number of fused-ring (bicyclic) bond motifs is 1. The quantitative estimate of drug-likeness (QED) is 0.457. The van der Waals surface area contributed by atoms with Gasteiger partial charge >= 0.3 is 41.3 Å². The number of rotatable bonds is 0. The number of hydrogen-bond donors (Lipinski definition) is 2. The van der Waals surface area contributed by atoms with E-state index in [1.165, 1.54) is 0 Å². The zero-order valence-corrected chi connectivity index (χ0v) is 9.65. The Balaban J connectivity index is 0.000000980. The van der Waals surface area contributed by atoms with Gasteiger partial charge < -0.3 is 12.1 Å². The number of carbonyl (C=O) groups is 1. The summed E-state index contributed by atoms with van der Waals surface area (Å²) in [5.74, 6) is 0. The summed E-state index contributed by atoms with van der Waals surface area (Å²) in [5.41, 5.74) is 5.63. The molecule has 2 aromatic rings. The van der Waals surface area contributed by atoms with Crippen LogP contribution in [-0.2, 0) is 0 Å². The van der Waals surface area contributed by atoms with Crippen molar-refractivity contribution in [2.45, 2.75) is 0 Å². The Morgan fingerprint density at radius 1 is 1.43 bits per heavy atom. The smallest absolute Gasteiger partial charge is 1.00 e. The molecule has 14 heavy (non-hydrogen) atoms. The van der Waals surface area contributed by atoms with Gasteiger partial charge in [0.2, 0.25) is 0 Å². The summed E-state index contributed by atoms with van der Waals surface area (Å²) < 4.78 is 0.898. The molecule has 2 rings (SSSR count). The van der Waals surface area contributed by atoms with Crippen molar-refractivity contribution in [1.29, 1.82) is 0 Å². The fraction of sp³-hybridized carbons (Fsp3) is 0. The predicted octanol–water partition coefficient (Wildman–Crippen LogP) is -2.63. The van der Waals surface area contributed by atoms with Crippen LogP contribution in [0, 0.1) is 0 Å². The van der Waals surface area contributed by atoms with Crippen molar-refractivity contribution in [3.05, 3.63) is 34.7 Å². The maximum absolute atomic E-state index is 11.2. The van der Waals surface area contributed by atoms with Gasteiger partial charge in [-0.2, -0.15) is 0 Å². The summed E-state index contributed by atoms with van der Waals surface area (Å²) in [7, 11) is 0. The first-order chi connectivity index (χ1) is 6.20. The Hall–Kier alpha value is -1.04. The Morgan fingerprint density at radius 3 is 2.71 bits per heavy atom. The van der Waals surface area contributed by atoms with E-state index in [9.17, 15) is 9.59 Å². The molecule has 1 aromatic heterocycles. The third-order valence-corrected chi connectivity index (χ3v) is 1.81. The van der Waals surface area contributed by atoms with Crippen LogP contribution in [0.3, 0.4) is 0 Å². The average molecular weight is 201 g/mol. The largest absolute Gasteiger partial charge is 1.00 e. The normalized spacial score (nSPS) is 9.71. The molecule has 0 unspecified atom stereocenters. The topological polar surface area (TPSA) is 80.9 Å². The summed E-state index contributed by atoms with van der Waals surface area (Å²) in [6.45, 7) is 0. The van der Waals surface area contributed by atoms with Gasteiger partial charge in [-0.3, -0.25) is 0 Å². The SMILES string of the molecule is NC(=O)n1c(=O)[nH]c2ccccc21.[H-].[Na+]. The van der Waals surface area contributed by atoms with Crippen molar-refractivity contribution in [1.82, 2.24) is 9.55 Å². The third kappa shape index (κ3) is 1.61. The molecule has 0 bridgehead atoms. The van der Waals surface area contributed by atoms with Crippen LogP contribution in [0.15, 0.2) is 29.1 Å². The number of para-hydroxylation sites is 2. The van der Waals surface area contributed by atoms with Crippen molar-refractivity contribution < 1.29 is 35.8 Å². The van der Waals surface area contributed by atoms with E-state index in [1.807, 2.05) is 0 Å². The van der Waals surface area contributed by atoms with Gasteiger partial charge in [0.1, 0.15) is 0 Å². The van der Waals surface area contributed by atoms with Crippen LogP contribution in [0.25, 0.3) is 11.0 Å². The van der Waals surface area contributed by atoms with E-state index in [0.29, 0.717) is 11.0 Å². The van der Waals surface area contributed by atoms with Gasteiger partial charge in [-0.25, -0.2) is 14.2 Å². The number of imidazole rings is 1. The minimum Gasteiger partial charge on any atom is -1.00 e. The molecule has 6 heteroatoms. The van der Waals surface area contributed by atoms with Crippen LogP contribution in [0.2, 0.25) is 0 Å². The third-order valence-electron chi connectivity index (χ3n) is 1.81. The molecule has 0 radical (unpaired) electrons. The predicted molar refractivity (Wildman–Crippen MR) is 48.7 cm³/mol. The van der Waals surface area contributed by atoms with E-state index < -0.39 is 11.7 Å². The second-order valence-corrected chi connectivity index (χ2v) is 2.62. The van der Waals surface area contributed by atoms with Crippen molar-refractivity contribution in [2.75, 3.05) is 0 Å². The first-order valence-electron chi connectivity index (χ1n) is 3.70. The van der Waals surface area contributed by atoms with E-state index in [1.54, 1.807) is 24.3 Å². The maximum Gasteiger partial charge on any atom is 1.00 e. The van der Waals surface area contributed by atoms with Gasteiger partial charge in [0, 0.05) is 0 Å². The minimum absolute atomic E-state index is 0. The van der Waals surface area contributed by atoms with E-state index >= 15 is 0 Å². The summed E-state index contributed by atoms with van der Waals surface area (Å²) in [4.78, 5) is 24.6. The van der Waals surface area contributed by atoms with Crippen LogP contribution in [-0.4, -0.2) is 15.6 Å². The molecule has 1 amide bonds. The van der Waals surface area contributed by atoms with Crippen LogP contribution in [0.5, 0.6) is 0 Å². The van der Waals surface area contributed by atoms with Gasteiger partial charge in [0.05, 0.1) is 11.0 Å². The second-order valence-electron chi connectivity index (χ2n) is 2.62. The molecular formula is C8H8N3NaO2. The number of nitrogens with zero attached hydrogens (tertiary/aromatic N) is 1. The molecule has 0 saturated carbocycles. The number of hydrogen-bond acceptors (Lipinski definition) is 2. The molecule has 0 atom stereocenters. The number of primary amides is 1. The molecule has 68 valence electrons. The Labute approximate surface area is 103 Å². The monoisotopic (exact) mass is 201 g/mol.